The molecular weight excluding hydrogens is 370 g/mol. The molecule has 0 bridgehead atoms. The van der Waals surface area contributed by atoms with Crippen molar-refractivity contribution in [2.75, 3.05) is 5.32 Å². The minimum atomic E-state index is -0.517. The molecule has 0 saturated heterocycles. The number of pyridine rings is 1. The number of fused-ring (bicyclic) bond motifs is 1. The van der Waals surface area contributed by atoms with Crippen molar-refractivity contribution in [1.82, 2.24) is 14.8 Å². The van der Waals surface area contributed by atoms with Crippen molar-refractivity contribution in [3.05, 3.63) is 51.9 Å². The molecule has 3 N–H and O–H groups in total. The molecule has 0 aliphatic heterocycles. The lowest BCUT2D eigenvalue weighted by Crippen LogP contribution is -2.17. The maximum Gasteiger partial charge on any atom is 0.252 e. The van der Waals surface area contributed by atoms with Gasteiger partial charge in [-0.15, -0.1) is 0 Å². The van der Waals surface area contributed by atoms with Gasteiger partial charge in [0, 0.05) is 29.3 Å². The molecule has 6 nitrogen and oxygen atoms in total. The van der Waals surface area contributed by atoms with Crippen LogP contribution in [0.3, 0.4) is 0 Å². The Kier molecular flexibility index (Phi) is 4.28. The summed E-state index contributed by atoms with van der Waals surface area (Å²) in [6, 6.07) is 5.64. The van der Waals surface area contributed by atoms with Gasteiger partial charge in [-0.05, 0) is 37.6 Å². The molecule has 124 valence electrons. The van der Waals surface area contributed by atoms with Crippen LogP contribution in [0.4, 0.5) is 5.69 Å². The molecule has 1 aromatic carbocycles. The Hall–Kier alpha value is -2.41. The first-order valence-electron chi connectivity index (χ1n) is 7.51. The van der Waals surface area contributed by atoms with Crippen molar-refractivity contribution in [3.63, 3.8) is 0 Å². The largest absolute Gasteiger partial charge is 0.376 e. The first kappa shape index (κ1) is 16.4. The van der Waals surface area contributed by atoms with E-state index in [0.717, 1.165) is 26.6 Å². The number of carbonyl (C=O) groups is 1. The first-order valence-corrected chi connectivity index (χ1v) is 8.31. The van der Waals surface area contributed by atoms with E-state index < -0.39 is 5.91 Å². The first-order chi connectivity index (χ1) is 11.4. The number of aryl methyl sites for hydroxylation is 2. The maximum atomic E-state index is 11.9. The number of nitrogens with two attached hydrogens (primary N) is 1. The molecule has 24 heavy (non-hydrogen) atoms. The van der Waals surface area contributed by atoms with E-state index >= 15 is 0 Å². The monoisotopic (exact) mass is 387 g/mol. The van der Waals surface area contributed by atoms with E-state index in [4.69, 9.17) is 5.73 Å². The van der Waals surface area contributed by atoms with Gasteiger partial charge >= 0.3 is 0 Å². The topological polar surface area (TPSA) is 85.8 Å². The summed E-state index contributed by atoms with van der Waals surface area (Å²) in [4.78, 5) is 16.2. The highest BCUT2D eigenvalue weighted by Crippen LogP contribution is 2.31. The minimum absolute atomic E-state index is 0.0890. The highest BCUT2D eigenvalue weighted by Gasteiger charge is 2.18. The van der Waals surface area contributed by atoms with Crippen molar-refractivity contribution in [2.45, 2.75) is 19.9 Å². The van der Waals surface area contributed by atoms with E-state index in [0.29, 0.717) is 11.3 Å². The number of aromatic nitrogens is 3. The predicted octanol–water partition coefficient (Wildman–Crippen LogP) is 3.31. The van der Waals surface area contributed by atoms with E-state index in [-0.39, 0.29) is 6.04 Å². The SMILES string of the molecule is Cc1cn(C)nc1[C@H](C)Nc1c(C(N)=O)cnc2ccc(Br)cc12. The molecule has 3 rings (SSSR count). The summed E-state index contributed by atoms with van der Waals surface area (Å²) in [5, 5.41) is 8.72. The third-order valence-electron chi connectivity index (χ3n) is 3.92. The Balaban J connectivity index is 2.12. The van der Waals surface area contributed by atoms with Crippen LogP contribution >= 0.6 is 15.9 Å². The van der Waals surface area contributed by atoms with Crippen molar-refractivity contribution in [3.8, 4) is 0 Å². The summed E-state index contributed by atoms with van der Waals surface area (Å²) < 4.78 is 2.68. The number of hydrogen-bond acceptors (Lipinski definition) is 4. The third-order valence-corrected chi connectivity index (χ3v) is 4.41. The number of halogens is 1. The van der Waals surface area contributed by atoms with Crippen LogP contribution in [0.1, 0.15) is 34.6 Å². The summed E-state index contributed by atoms with van der Waals surface area (Å²) >= 11 is 3.47. The fourth-order valence-corrected chi connectivity index (χ4v) is 3.21. The van der Waals surface area contributed by atoms with Gasteiger partial charge in [-0.2, -0.15) is 5.10 Å². The van der Waals surface area contributed by atoms with Crippen LogP contribution in [0.15, 0.2) is 35.1 Å². The van der Waals surface area contributed by atoms with Crippen molar-refractivity contribution < 1.29 is 4.79 Å². The standard InChI is InChI=1S/C17H18BrN5O/c1-9-8-23(3)22-15(9)10(2)21-16-12-6-11(18)4-5-14(12)20-7-13(16)17(19)24/h4-8,10H,1-3H3,(H2,19,24)(H,20,21)/t10-/m0/s1. The smallest absolute Gasteiger partial charge is 0.252 e. The number of primary amides is 1. The fraction of sp³-hybridized carbons (Fsp3) is 0.235. The number of amides is 1. The molecule has 1 atom stereocenters. The molecule has 2 aromatic heterocycles. The number of anilines is 1. The Morgan fingerprint density at radius 3 is 2.79 bits per heavy atom. The average molecular weight is 388 g/mol. The zero-order valence-corrected chi connectivity index (χ0v) is 15.3. The lowest BCUT2D eigenvalue weighted by molar-refractivity contribution is 0.100. The van der Waals surface area contributed by atoms with Gasteiger partial charge in [0.1, 0.15) is 0 Å². The van der Waals surface area contributed by atoms with Crippen LogP contribution < -0.4 is 11.1 Å². The average Bonchev–Trinajstić information content (AvgIpc) is 2.86. The molecule has 7 heteroatoms. The molecule has 0 spiro atoms. The van der Waals surface area contributed by atoms with Crippen LogP contribution in [-0.4, -0.2) is 20.7 Å². The number of nitrogens with zero attached hydrogens (tertiary/aromatic N) is 3. The lowest BCUT2D eigenvalue weighted by Gasteiger charge is -2.18. The minimum Gasteiger partial charge on any atom is -0.376 e. The Bertz CT molecular complexity index is 934. The van der Waals surface area contributed by atoms with Crippen LogP contribution in [0.2, 0.25) is 0 Å². The summed E-state index contributed by atoms with van der Waals surface area (Å²) in [5.41, 5.74) is 9.37. The van der Waals surface area contributed by atoms with Crippen molar-refractivity contribution in [2.24, 2.45) is 12.8 Å². The number of hydrogen-bond donors (Lipinski definition) is 2. The van der Waals surface area contributed by atoms with Gasteiger partial charge in [0.15, 0.2) is 0 Å². The summed E-state index contributed by atoms with van der Waals surface area (Å²) in [5.74, 6) is -0.517. The zero-order valence-electron chi connectivity index (χ0n) is 13.7. The van der Waals surface area contributed by atoms with E-state index in [9.17, 15) is 4.79 Å². The van der Waals surface area contributed by atoms with Gasteiger partial charge in [-0.3, -0.25) is 14.5 Å². The van der Waals surface area contributed by atoms with E-state index in [1.807, 2.05) is 45.3 Å². The molecule has 0 radical (unpaired) electrons. The summed E-state index contributed by atoms with van der Waals surface area (Å²) in [6.07, 6.45) is 3.47. The lowest BCUT2D eigenvalue weighted by atomic mass is 10.1. The molecule has 0 saturated carbocycles. The van der Waals surface area contributed by atoms with Gasteiger partial charge in [0.05, 0.1) is 28.5 Å². The normalized spacial score (nSPS) is 12.3. The van der Waals surface area contributed by atoms with Crippen LogP contribution in [0, 0.1) is 6.92 Å². The molecule has 1 amide bonds. The van der Waals surface area contributed by atoms with E-state index in [1.165, 1.54) is 6.20 Å². The van der Waals surface area contributed by atoms with Crippen molar-refractivity contribution >= 4 is 38.4 Å². The van der Waals surface area contributed by atoms with E-state index in [1.54, 1.807) is 4.68 Å². The van der Waals surface area contributed by atoms with Gasteiger partial charge in [-0.25, -0.2) is 0 Å². The quantitative estimate of drug-likeness (QED) is 0.718. The molecule has 0 unspecified atom stereocenters. The van der Waals surface area contributed by atoms with Crippen LogP contribution in [-0.2, 0) is 7.05 Å². The molecule has 0 aliphatic carbocycles. The van der Waals surface area contributed by atoms with Gasteiger partial charge in [0.2, 0.25) is 0 Å². The van der Waals surface area contributed by atoms with Gasteiger partial charge < -0.3 is 11.1 Å². The predicted molar refractivity (Wildman–Crippen MR) is 97.9 cm³/mol. The Morgan fingerprint density at radius 2 is 2.17 bits per heavy atom. The number of nitrogens with one attached hydrogen (secondary N) is 1. The second kappa shape index (κ2) is 6.24. The Morgan fingerprint density at radius 1 is 1.42 bits per heavy atom. The molecular formula is C17H18BrN5O. The number of benzene rings is 1. The maximum absolute atomic E-state index is 11.9. The summed E-state index contributed by atoms with van der Waals surface area (Å²) in [7, 11) is 1.89. The van der Waals surface area contributed by atoms with Crippen LogP contribution in [0.25, 0.3) is 10.9 Å². The summed E-state index contributed by atoms with van der Waals surface area (Å²) in [6.45, 7) is 4.01. The fourth-order valence-electron chi connectivity index (χ4n) is 2.84. The molecule has 2 heterocycles. The molecule has 3 aromatic rings. The highest BCUT2D eigenvalue weighted by molar-refractivity contribution is 9.10. The second-order valence-corrected chi connectivity index (χ2v) is 6.73. The molecule has 0 fully saturated rings. The highest BCUT2D eigenvalue weighted by atomic mass is 79.9. The molecule has 0 aliphatic rings. The Labute approximate surface area is 148 Å². The van der Waals surface area contributed by atoms with Crippen LogP contribution in [0.5, 0.6) is 0 Å². The second-order valence-electron chi connectivity index (χ2n) is 5.81. The third kappa shape index (κ3) is 2.99. The number of carbonyl (C=O) groups excluding carboxylic acids is 1. The van der Waals surface area contributed by atoms with Crippen molar-refractivity contribution in [1.29, 1.82) is 0 Å². The number of rotatable bonds is 4. The zero-order chi connectivity index (χ0) is 17.4. The van der Waals surface area contributed by atoms with Gasteiger partial charge in [0.25, 0.3) is 5.91 Å². The van der Waals surface area contributed by atoms with Gasteiger partial charge in [-0.1, -0.05) is 15.9 Å². The van der Waals surface area contributed by atoms with E-state index in [2.05, 4.69) is 31.3 Å².